The fraction of sp³-hybridized carbons (Fsp3) is 0.429. The fourth-order valence-corrected chi connectivity index (χ4v) is 3.99. The van der Waals surface area contributed by atoms with Crippen LogP contribution in [-0.4, -0.2) is 34.5 Å². The molecule has 2 aromatic rings. The molecule has 3 amide bonds. The zero-order valence-corrected chi connectivity index (χ0v) is 16.5. The Labute approximate surface area is 169 Å². The average Bonchev–Trinajstić information content (AvgIpc) is 3.35. The second-order valence-electron chi connectivity index (χ2n) is 7.61. The largest absolute Gasteiger partial charge is 0.312 e. The number of carbonyl (C=O) groups is 3. The standard InChI is InChI=1S/C21H25N5O3/c1-2-13-7-9-15(10-8-13)26-12-14(11-18(26)27)20(28)24-25-21(29)19-16-5-3-4-6-17(16)22-23-19/h7-10,14H,2-6,11-12H2,1H3,(H,22,23)(H,24,28)(H,25,29)/t14-/m1/s1. The fourth-order valence-electron chi connectivity index (χ4n) is 3.99. The van der Waals surface area contributed by atoms with E-state index in [0.717, 1.165) is 49.0 Å². The Morgan fingerprint density at radius 3 is 2.69 bits per heavy atom. The Bertz CT molecular complexity index is 934. The molecule has 1 aliphatic carbocycles. The molecule has 2 aliphatic rings. The van der Waals surface area contributed by atoms with Crippen molar-refractivity contribution in [1.29, 1.82) is 0 Å². The number of rotatable bonds is 4. The van der Waals surface area contributed by atoms with Gasteiger partial charge in [0.1, 0.15) is 0 Å². The molecule has 1 aromatic carbocycles. The van der Waals surface area contributed by atoms with Crippen LogP contribution in [-0.2, 0) is 28.9 Å². The second-order valence-corrected chi connectivity index (χ2v) is 7.61. The Morgan fingerprint density at radius 2 is 1.93 bits per heavy atom. The van der Waals surface area contributed by atoms with Crippen molar-refractivity contribution in [1.82, 2.24) is 21.0 Å². The summed E-state index contributed by atoms with van der Waals surface area (Å²) in [5, 5.41) is 7.01. The number of nitrogens with one attached hydrogen (secondary N) is 3. The lowest BCUT2D eigenvalue weighted by molar-refractivity contribution is -0.126. The van der Waals surface area contributed by atoms with Crippen LogP contribution in [0, 0.1) is 5.92 Å². The highest BCUT2D eigenvalue weighted by Gasteiger charge is 2.35. The van der Waals surface area contributed by atoms with Crippen molar-refractivity contribution in [2.24, 2.45) is 5.92 Å². The van der Waals surface area contributed by atoms with Crippen LogP contribution in [0.25, 0.3) is 0 Å². The number of hydrogen-bond donors (Lipinski definition) is 3. The number of carbonyl (C=O) groups excluding carboxylic acids is 3. The molecule has 0 radical (unpaired) electrons. The molecule has 0 bridgehead atoms. The van der Waals surface area contributed by atoms with Crippen molar-refractivity contribution in [3.8, 4) is 0 Å². The molecule has 0 spiro atoms. The number of benzene rings is 1. The lowest BCUT2D eigenvalue weighted by Crippen LogP contribution is -2.45. The van der Waals surface area contributed by atoms with Gasteiger partial charge in [-0.3, -0.25) is 30.3 Å². The molecular weight excluding hydrogens is 370 g/mol. The molecule has 3 N–H and O–H groups in total. The molecule has 1 saturated heterocycles. The van der Waals surface area contributed by atoms with Gasteiger partial charge in [0.2, 0.25) is 11.8 Å². The molecule has 0 unspecified atom stereocenters. The van der Waals surface area contributed by atoms with Crippen molar-refractivity contribution in [3.63, 3.8) is 0 Å². The van der Waals surface area contributed by atoms with E-state index < -0.39 is 11.8 Å². The smallest absolute Gasteiger partial charge is 0.290 e. The Hall–Kier alpha value is -3.16. The van der Waals surface area contributed by atoms with Gasteiger partial charge >= 0.3 is 0 Å². The van der Waals surface area contributed by atoms with Crippen LogP contribution in [0.4, 0.5) is 5.69 Å². The van der Waals surface area contributed by atoms with Gasteiger partial charge in [-0.05, 0) is 49.8 Å². The average molecular weight is 395 g/mol. The molecule has 2 heterocycles. The van der Waals surface area contributed by atoms with E-state index in [1.54, 1.807) is 4.90 Å². The molecule has 1 fully saturated rings. The Morgan fingerprint density at radius 1 is 1.17 bits per heavy atom. The van der Waals surface area contributed by atoms with Crippen LogP contribution >= 0.6 is 0 Å². The summed E-state index contributed by atoms with van der Waals surface area (Å²) >= 11 is 0. The van der Waals surface area contributed by atoms with Crippen LogP contribution in [0.15, 0.2) is 24.3 Å². The topological polar surface area (TPSA) is 107 Å². The van der Waals surface area contributed by atoms with E-state index in [-0.39, 0.29) is 18.2 Å². The molecule has 0 saturated carbocycles. The number of amides is 3. The van der Waals surface area contributed by atoms with E-state index in [9.17, 15) is 14.4 Å². The van der Waals surface area contributed by atoms with Crippen molar-refractivity contribution >= 4 is 23.4 Å². The first-order valence-electron chi connectivity index (χ1n) is 10.1. The third kappa shape index (κ3) is 3.87. The number of aryl methyl sites for hydroxylation is 2. The maximum atomic E-state index is 12.5. The molecule has 1 atom stereocenters. The summed E-state index contributed by atoms with van der Waals surface area (Å²) in [6.45, 7) is 2.37. The summed E-state index contributed by atoms with van der Waals surface area (Å²) in [5.74, 6) is -1.42. The van der Waals surface area contributed by atoms with E-state index in [0.29, 0.717) is 12.2 Å². The summed E-state index contributed by atoms with van der Waals surface area (Å²) in [5.41, 5.74) is 9.15. The van der Waals surface area contributed by atoms with Crippen LogP contribution in [0.3, 0.4) is 0 Å². The summed E-state index contributed by atoms with van der Waals surface area (Å²) < 4.78 is 0. The zero-order chi connectivity index (χ0) is 20.4. The van der Waals surface area contributed by atoms with Crippen molar-refractivity contribution < 1.29 is 14.4 Å². The molecule has 1 aromatic heterocycles. The molecule has 8 nitrogen and oxygen atoms in total. The van der Waals surface area contributed by atoms with E-state index >= 15 is 0 Å². The van der Waals surface area contributed by atoms with E-state index in [1.807, 2.05) is 24.3 Å². The summed E-state index contributed by atoms with van der Waals surface area (Å²) in [7, 11) is 0. The van der Waals surface area contributed by atoms with Gasteiger partial charge < -0.3 is 4.90 Å². The molecule has 1 aliphatic heterocycles. The predicted octanol–water partition coefficient (Wildman–Crippen LogP) is 1.66. The first-order chi connectivity index (χ1) is 14.1. The normalized spacial score (nSPS) is 18.4. The van der Waals surface area contributed by atoms with Crippen molar-refractivity contribution in [3.05, 3.63) is 46.8 Å². The molecule has 152 valence electrons. The quantitative estimate of drug-likeness (QED) is 0.685. The third-order valence-electron chi connectivity index (χ3n) is 5.72. The van der Waals surface area contributed by atoms with E-state index in [1.165, 1.54) is 5.56 Å². The predicted molar refractivity (Wildman–Crippen MR) is 107 cm³/mol. The maximum Gasteiger partial charge on any atom is 0.290 e. The number of anilines is 1. The highest BCUT2D eigenvalue weighted by atomic mass is 16.2. The van der Waals surface area contributed by atoms with Crippen LogP contribution in [0.1, 0.15) is 53.5 Å². The van der Waals surface area contributed by atoms with Gasteiger partial charge in [-0.15, -0.1) is 0 Å². The minimum atomic E-state index is -0.512. The third-order valence-corrected chi connectivity index (χ3v) is 5.72. The number of nitrogens with zero attached hydrogens (tertiary/aromatic N) is 2. The monoisotopic (exact) mass is 395 g/mol. The lowest BCUT2D eigenvalue weighted by Gasteiger charge is -2.17. The minimum Gasteiger partial charge on any atom is -0.312 e. The first-order valence-corrected chi connectivity index (χ1v) is 10.1. The minimum absolute atomic E-state index is 0.0953. The summed E-state index contributed by atoms with van der Waals surface area (Å²) in [6.07, 6.45) is 4.86. The van der Waals surface area contributed by atoms with Gasteiger partial charge in [-0.2, -0.15) is 5.10 Å². The summed E-state index contributed by atoms with van der Waals surface area (Å²) in [6, 6.07) is 7.78. The molecular formula is C21H25N5O3. The molecule has 29 heavy (non-hydrogen) atoms. The van der Waals surface area contributed by atoms with Gasteiger partial charge in [-0.25, -0.2) is 0 Å². The maximum absolute atomic E-state index is 12.5. The lowest BCUT2D eigenvalue weighted by atomic mass is 9.96. The van der Waals surface area contributed by atoms with Crippen LogP contribution in [0.2, 0.25) is 0 Å². The number of aromatic amines is 1. The van der Waals surface area contributed by atoms with Gasteiger partial charge in [0.05, 0.1) is 5.92 Å². The Kier molecular flexibility index (Phi) is 5.33. The highest BCUT2D eigenvalue weighted by Crippen LogP contribution is 2.26. The van der Waals surface area contributed by atoms with Gasteiger partial charge in [0.15, 0.2) is 5.69 Å². The molecule has 8 heteroatoms. The first kappa shape index (κ1) is 19.2. The van der Waals surface area contributed by atoms with E-state index in [4.69, 9.17) is 0 Å². The number of hydrazine groups is 1. The zero-order valence-electron chi connectivity index (χ0n) is 16.5. The SMILES string of the molecule is CCc1ccc(N2C[C@H](C(=O)NNC(=O)c3n[nH]c4c3CCCC4)CC2=O)cc1. The van der Waals surface area contributed by atoms with Crippen LogP contribution < -0.4 is 15.8 Å². The Balaban J connectivity index is 1.34. The number of hydrogen-bond acceptors (Lipinski definition) is 4. The van der Waals surface area contributed by atoms with Gasteiger partial charge in [0.25, 0.3) is 5.91 Å². The van der Waals surface area contributed by atoms with Gasteiger partial charge in [-0.1, -0.05) is 19.1 Å². The van der Waals surface area contributed by atoms with E-state index in [2.05, 4.69) is 28.0 Å². The van der Waals surface area contributed by atoms with Crippen LogP contribution in [0.5, 0.6) is 0 Å². The molecule has 4 rings (SSSR count). The number of fused-ring (bicyclic) bond motifs is 1. The van der Waals surface area contributed by atoms with Gasteiger partial charge in [0, 0.05) is 29.9 Å². The second kappa shape index (κ2) is 8.06. The summed E-state index contributed by atoms with van der Waals surface area (Å²) in [4.78, 5) is 38.9. The number of H-pyrrole nitrogens is 1. The van der Waals surface area contributed by atoms with Crippen molar-refractivity contribution in [2.45, 2.75) is 45.4 Å². The number of aromatic nitrogens is 2. The highest BCUT2D eigenvalue weighted by molar-refractivity contribution is 6.01. The van der Waals surface area contributed by atoms with Crippen molar-refractivity contribution in [2.75, 3.05) is 11.4 Å².